The fourth-order valence-corrected chi connectivity index (χ4v) is 2.30. The first-order valence-corrected chi connectivity index (χ1v) is 8.44. The average Bonchev–Trinajstić information content (AvgIpc) is 2.32. The second-order valence-corrected chi connectivity index (χ2v) is 6.54. The van der Waals surface area contributed by atoms with E-state index < -0.39 is 0 Å². The van der Waals surface area contributed by atoms with Gasteiger partial charge in [0.15, 0.2) is 0 Å². The molecule has 0 heterocycles. The number of halogens is 1. The first kappa shape index (κ1) is 17.4. The Kier molecular flexibility index (Phi) is 10.6. The monoisotopic (exact) mass is 305 g/mol. The van der Waals surface area contributed by atoms with Gasteiger partial charge in [0.25, 0.3) is 0 Å². The summed E-state index contributed by atoms with van der Waals surface area (Å²) in [6.45, 7) is 8.21. The summed E-state index contributed by atoms with van der Waals surface area (Å²) >= 11 is 3.48. The van der Waals surface area contributed by atoms with Gasteiger partial charge in [-0.05, 0) is 46.7 Å². The van der Waals surface area contributed by atoms with E-state index in [2.05, 4.69) is 48.6 Å². The van der Waals surface area contributed by atoms with Crippen LogP contribution in [0.15, 0.2) is 0 Å². The molecule has 2 heteroatoms. The summed E-state index contributed by atoms with van der Waals surface area (Å²) in [6, 6.07) is 0. The minimum atomic E-state index is 0.371. The summed E-state index contributed by atoms with van der Waals surface area (Å²) in [5.74, 6) is 0. The molecule has 1 nitrogen and oxygen atoms in total. The van der Waals surface area contributed by atoms with E-state index in [1.54, 1.807) is 0 Å². The molecule has 104 valence electrons. The summed E-state index contributed by atoms with van der Waals surface area (Å²) in [6.07, 6.45) is 11.0. The van der Waals surface area contributed by atoms with Gasteiger partial charge in [0, 0.05) is 10.9 Å². The van der Waals surface area contributed by atoms with Crippen LogP contribution in [0, 0.1) is 0 Å². The second kappa shape index (κ2) is 10.4. The maximum atomic E-state index is 3.48. The Bertz CT molecular complexity index is 168. The molecule has 0 aliphatic rings. The van der Waals surface area contributed by atoms with Gasteiger partial charge in [-0.3, -0.25) is 0 Å². The minimum Gasteiger partial charge on any atom is -0.301 e. The quantitative estimate of drug-likeness (QED) is 0.373. The van der Waals surface area contributed by atoms with Crippen LogP contribution in [0.4, 0.5) is 0 Å². The van der Waals surface area contributed by atoms with Gasteiger partial charge in [0.1, 0.15) is 0 Å². The van der Waals surface area contributed by atoms with E-state index in [4.69, 9.17) is 0 Å². The van der Waals surface area contributed by atoms with Crippen LogP contribution in [0.5, 0.6) is 0 Å². The van der Waals surface area contributed by atoms with Gasteiger partial charge >= 0.3 is 0 Å². The lowest BCUT2D eigenvalue weighted by molar-refractivity contribution is 0.148. The first-order chi connectivity index (χ1) is 8.04. The van der Waals surface area contributed by atoms with Crippen LogP contribution in [0.25, 0.3) is 0 Å². The van der Waals surface area contributed by atoms with E-state index in [1.165, 1.54) is 63.2 Å². The largest absolute Gasteiger partial charge is 0.301 e. The van der Waals surface area contributed by atoms with Crippen molar-refractivity contribution in [3.63, 3.8) is 0 Å². The van der Waals surface area contributed by atoms with Crippen LogP contribution in [0.3, 0.4) is 0 Å². The van der Waals surface area contributed by atoms with E-state index >= 15 is 0 Å². The normalized spacial score (nSPS) is 12.4. The number of unbranched alkanes of at least 4 members (excludes halogenated alkanes) is 6. The van der Waals surface area contributed by atoms with Gasteiger partial charge in [0.05, 0.1) is 0 Å². The number of hydrogen-bond acceptors (Lipinski definition) is 1. The maximum absolute atomic E-state index is 3.48. The molecule has 0 aromatic rings. The summed E-state index contributed by atoms with van der Waals surface area (Å²) in [4.78, 5) is 2.51. The molecular formula is C15H32BrN. The van der Waals surface area contributed by atoms with Crippen molar-refractivity contribution in [2.45, 2.75) is 77.7 Å². The lowest BCUT2D eigenvalue weighted by atomic mass is 9.99. The number of alkyl halides is 1. The summed E-state index contributed by atoms with van der Waals surface area (Å²) < 4.78 is 0. The van der Waals surface area contributed by atoms with E-state index in [1.807, 2.05) is 0 Å². The third-order valence-electron chi connectivity index (χ3n) is 4.03. The molecule has 0 spiro atoms. The molecule has 0 saturated heterocycles. The van der Waals surface area contributed by atoms with Crippen LogP contribution < -0.4 is 0 Å². The minimum absolute atomic E-state index is 0.371. The second-order valence-electron chi connectivity index (χ2n) is 5.75. The van der Waals surface area contributed by atoms with Crippen molar-refractivity contribution in [3.05, 3.63) is 0 Å². The first-order valence-electron chi connectivity index (χ1n) is 7.31. The van der Waals surface area contributed by atoms with E-state index in [0.29, 0.717) is 5.54 Å². The molecule has 0 fully saturated rings. The van der Waals surface area contributed by atoms with E-state index in [9.17, 15) is 0 Å². The van der Waals surface area contributed by atoms with Crippen LogP contribution >= 0.6 is 15.9 Å². The number of rotatable bonds is 11. The van der Waals surface area contributed by atoms with Crippen LogP contribution in [-0.2, 0) is 0 Å². The summed E-state index contributed by atoms with van der Waals surface area (Å²) in [5, 5.41) is 1.17. The fourth-order valence-electron chi connectivity index (χ4n) is 1.90. The molecule has 0 aliphatic heterocycles. The Morgan fingerprint density at radius 2 is 1.35 bits per heavy atom. The summed E-state index contributed by atoms with van der Waals surface area (Å²) in [5.41, 5.74) is 0.371. The Morgan fingerprint density at radius 1 is 0.882 bits per heavy atom. The van der Waals surface area contributed by atoms with Crippen LogP contribution in [0.2, 0.25) is 0 Å². The van der Waals surface area contributed by atoms with Gasteiger partial charge in [-0.15, -0.1) is 0 Å². The highest BCUT2D eigenvalue weighted by Gasteiger charge is 2.19. The van der Waals surface area contributed by atoms with Gasteiger partial charge in [-0.1, -0.05) is 55.0 Å². The highest BCUT2D eigenvalue weighted by atomic mass is 79.9. The zero-order valence-corrected chi connectivity index (χ0v) is 14.0. The fraction of sp³-hybridized carbons (Fsp3) is 1.00. The van der Waals surface area contributed by atoms with Crippen molar-refractivity contribution in [1.82, 2.24) is 4.90 Å². The Hall–Kier alpha value is 0.440. The molecule has 17 heavy (non-hydrogen) atoms. The number of hydrogen-bond donors (Lipinski definition) is 0. The molecule has 0 aliphatic carbocycles. The lowest BCUT2D eigenvalue weighted by Crippen LogP contribution is -2.40. The summed E-state index contributed by atoms with van der Waals surface area (Å²) in [7, 11) is 2.26. The molecule has 0 radical (unpaired) electrons. The van der Waals surface area contributed by atoms with E-state index in [-0.39, 0.29) is 0 Å². The van der Waals surface area contributed by atoms with Gasteiger partial charge < -0.3 is 4.90 Å². The van der Waals surface area contributed by atoms with Gasteiger partial charge in [-0.2, -0.15) is 0 Å². The smallest absolute Gasteiger partial charge is 0.0147 e. The van der Waals surface area contributed by atoms with Crippen molar-refractivity contribution in [2.24, 2.45) is 0 Å². The average molecular weight is 306 g/mol. The van der Waals surface area contributed by atoms with Crippen molar-refractivity contribution in [1.29, 1.82) is 0 Å². The van der Waals surface area contributed by atoms with Crippen molar-refractivity contribution >= 4 is 15.9 Å². The van der Waals surface area contributed by atoms with Gasteiger partial charge in [-0.25, -0.2) is 0 Å². The highest BCUT2D eigenvalue weighted by molar-refractivity contribution is 9.09. The van der Waals surface area contributed by atoms with Crippen molar-refractivity contribution in [2.75, 3.05) is 18.9 Å². The molecule has 0 aromatic carbocycles. The SMILES string of the molecule is CCC(C)(C)N(C)CCCCCCCCCBr. The standard InChI is InChI=1S/C15H32BrN/c1-5-15(2,3)17(4)14-12-10-8-6-7-9-11-13-16/h5-14H2,1-4H3. The number of nitrogens with zero attached hydrogens (tertiary/aromatic N) is 1. The van der Waals surface area contributed by atoms with E-state index in [0.717, 1.165) is 0 Å². The third-order valence-corrected chi connectivity index (χ3v) is 4.59. The zero-order valence-electron chi connectivity index (χ0n) is 12.4. The Labute approximate surface area is 117 Å². The zero-order chi connectivity index (χ0) is 13.1. The molecule has 0 amide bonds. The highest BCUT2D eigenvalue weighted by Crippen LogP contribution is 2.17. The van der Waals surface area contributed by atoms with Gasteiger partial charge in [0.2, 0.25) is 0 Å². The van der Waals surface area contributed by atoms with Crippen LogP contribution in [0.1, 0.15) is 72.1 Å². The van der Waals surface area contributed by atoms with Crippen molar-refractivity contribution < 1.29 is 0 Å². The molecule has 0 rings (SSSR count). The molecule has 0 saturated carbocycles. The predicted octanol–water partition coefficient (Wildman–Crippen LogP) is 5.23. The Morgan fingerprint density at radius 3 is 1.82 bits per heavy atom. The predicted molar refractivity (Wildman–Crippen MR) is 83.1 cm³/mol. The lowest BCUT2D eigenvalue weighted by Gasteiger charge is -2.34. The van der Waals surface area contributed by atoms with Crippen molar-refractivity contribution in [3.8, 4) is 0 Å². The molecule has 0 unspecified atom stereocenters. The molecule has 0 N–H and O–H groups in total. The topological polar surface area (TPSA) is 3.24 Å². The Balaban J connectivity index is 3.34. The maximum Gasteiger partial charge on any atom is 0.0147 e. The molecular weight excluding hydrogens is 274 g/mol. The third kappa shape index (κ3) is 9.07. The molecule has 0 aromatic heterocycles. The molecule has 0 bridgehead atoms. The molecule has 0 atom stereocenters. The van der Waals surface area contributed by atoms with Crippen LogP contribution in [-0.4, -0.2) is 29.4 Å².